The minimum absolute atomic E-state index is 0.0469. The molecule has 1 rings (SSSR count). The lowest BCUT2D eigenvalue weighted by Gasteiger charge is -2.36. The van der Waals surface area contributed by atoms with Gasteiger partial charge in [-0.2, -0.15) is 11.8 Å². The van der Waals surface area contributed by atoms with Gasteiger partial charge in [0.1, 0.15) is 0 Å². The molecule has 3 heteroatoms. The number of nitrogens with zero attached hydrogens (tertiary/aromatic N) is 1. The fourth-order valence-electron chi connectivity index (χ4n) is 2.11. The average Bonchev–Trinajstić information content (AvgIpc) is 2.18. The lowest BCUT2D eigenvalue weighted by Crippen LogP contribution is -2.42. The number of aliphatic hydroxyl groups excluding tert-OH is 1. The summed E-state index contributed by atoms with van der Waals surface area (Å²) < 4.78 is 0. The molecule has 1 saturated heterocycles. The monoisotopic (exact) mass is 231 g/mol. The zero-order chi connectivity index (χ0) is 11.3. The number of hydrogen-bond acceptors (Lipinski definition) is 3. The molecular weight excluding hydrogens is 206 g/mol. The third kappa shape index (κ3) is 5.23. The predicted octanol–water partition coefficient (Wildman–Crippen LogP) is 2.22. The normalized spacial score (nSPS) is 20.8. The van der Waals surface area contributed by atoms with Gasteiger partial charge >= 0.3 is 0 Å². The van der Waals surface area contributed by atoms with Gasteiger partial charge in [0.05, 0.1) is 6.10 Å². The van der Waals surface area contributed by atoms with Crippen molar-refractivity contribution >= 4 is 11.8 Å². The van der Waals surface area contributed by atoms with Crippen molar-refractivity contribution in [2.24, 2.45) is 5.41 Å². The summed E-state index contributed by atoms with van der Waals surface area (Å²) in [4.78, 5) is 2.50. The molecular formula is C12H25NOS. The lowest BCUT2D eigenvalue weighted by atomic mass is 9.94. The number of piperidine rings is 1. The summed E-state index contributed by atoms with van der Waals surface area (Å²) in [5, 5.41) is 9.44. The lowest BCUT2D eigenvalue weighted by molar-refractivity contribution is 0.0671. The molecule has 0 atom stereocenters. The summed E-state index contributed by atoms with van der Waals surface area (Å²) >= 11 is 2.03. The SMILES string of the molecule is CCSCC(C)(C)CN1CCC(O)CC1. The van der Waals surface area contributed by atoms with E-state index in [1.54, 1.807) is 0 Å². The van der Waals surface area contributed by atoms with Crippen LogP contribution >= 0.6 is 11.8 Å². The van der Waals surface area contributed by atoms with Crippen molar-refractivity contribution in [1.82, 2.24) is 4.90 Å². The number of likely N-dealkylation sites (tertiary alicyclic amines) is 1. The minimum Gasteiger partial charge on any atom is -0.393 e. The molecule has 0 bridgehead atoms. The van der Waals surface area contributed by atoms with E-state index in [2.05, 4.69) is 25.7 Å². The van der Waals surface area contributed by atoms with Crippen LogP contribution in [0.5, 0.6) is 0 Å². The van der Waals surface area contributed by atoms with Gasteiger partial charge in [-0.15, -0.1) is 0 Å². The molecule has 0 saturated carbocycles. The summed E-state index contributed by atoms with van der Waals surface area (Å²) in [6.45, 7) is 10.2. The Morgan fingerprint density at radius 2 is 1.93 bits per heavy atom. The largest absolute Gasteiger partial charge is 0.393 e. The highest BCUT2D eigenvalue weighted by Gasteiger charge is 2.24. The van der Waals surface area contributed by atoms with Crippen LogP contribution in [0.4, 0.5) is 0 Å². The highest BCUT2D eigenvalue weighted by molar-refractivity contribution is 7.99. The standard InChI is InChI=1S/C12H25NOS/c1-4-15-10-12(2,3)9-13-7-5-11(14)6-8-13/h11,14H,4-10H2,1-3H3. The molecule has 0 aromatic carbocycles. The topological polar surface area (TPSA) is 23.5 Å². The Kier molecular flexibility index (Phi) is 5.44. The summed E-state index contributed by atoms with van der Waals surface area (Å²) in [5.41, 5.74) is 0.406. The van der Waals surface area contributed by atoms with E-state index in [4.69, 9.17) is 0 Å². The van der Waals surface area contributed by atoms with Gasteiger partial charge in [-0.1, -0.05) is 20.8 Å². The van der Waals surface area contributed by atoms with Crippen LogP contribution in [0.25, 0.3) is 0 Å². The van der Waals surface area contributed by atoms with Gasteiger partial charge in [-0.25, -0.2) is 0 Å². The molecule has 1 heterocycles. The van der Waals surface area contributed by atoms with Crippen LogP contribution in [0.3, 0.4) is 0 Å². The Morgan fingerprint density at radius 3 is 2.47 bits per heavy atom. The maximum atomic E-state index is 9.44. The van der Waals surface area contributed by atoms with Crippen molar-refractivity contribution in [3.63, 3.8) is 0 Å². The first-order valence-corrected chi connectivity index (χ1v) is 7.17. The molecule has 1 aliphatic heterocycles. The van der Waals surface area contributed by atoms with Gasteiger partial charge in [0.2, 0.25) is 0 Å². The maximum Gasteiger partial charge on any atom is 0.0564 e. The Morgan fingerprint density at radius 1 is 1.33 bits per heavy atom. The third-order valence-corrected chi connectivity index (χ3v) is 4.30. The van der Waals surface area contributed by atoms with Crippen LogP contribution in [0.15, 0.2) is 0 Å². The van der Waals surface area contributed by atoms with E-state index in [9.17, 15) is 5.11 Å². The molecule has 2 nitrogen and oxygen atoms in total. The van der Waals surface area contributed by atoms with Crippen molar-refractivity contribution in [3.8, 4) is 0 Å². The van der Waals surface area contributed by atoms with Crippen LogP contribution in [0, 0.1) is 5.41 Å². The number of thioether (sulfide) groups is 1. The van der Waals surface area contributed by atoms with E-state index in [-0.39, 0.29) is 6.10 Å². The van der Waals surface area contributed by atoms with E-state index in [1.807, 2.05) is 11.8 Å². The van der Waals surface area contributed by atoms with Crippen LogP contribution in [0.1, 0.15) is 33.6 Å². The van der Waals surface area contributed by atoms with Crippen LogP contribution < -0.4 is 0 Å². The first-order chi connectivity index (χ1) is 7.03. The second kappa shape index (κ2) is 6.12. The van der Waals surface area contributed by atoms with Crippen molar-refractivity contribution in [2.45, 2.75) is 39.7 Å². The molecule has 0 aromatic rings. The molecule has 1 N–H and O–H groups in total. The molecule has 1 fully saturated rings. The molecule has 0 amide bonds. The summed E-state index contributed by atoms with van der Waals surface area (Å²) in [7, 11) is 0. The van der Waals surface area contributed by atoms with Gasteiger partial charge in [0.15, 0.2) is 0 Å². The number of rotatable bonds is 5. The molecule has 0 aliphatic carbocycles. The van der Waals surface area contributed by atoms with Crippen molar-refractivity contribution in [2.75, 3.05) is 31.1 Å². The van der Waals surface area contributed by atoms with Crippen LogP contribution in [-0.4, -0.2) is 47.3 Å². The van der Waals surface area contributed by atoms with Gasteiger partial charge in [-0.05, 0) is 29.8 Å². The molecule has 0 unspecified atom stereocenters. The zero-order valence-corrected chi connectivity index (χ0v) is 11.1. The van der Waals surface area contributed by atoms with E-state index in [1.165, 1.54) is 18.1 Å². The average molecular weight is 231 g/mol. The molecule has 1 aliphatic rings. The highest BCUT2D eigenvalue weighted by Crippen LogP contribution is 2.24. The first kappa shape index (κ1) is 13.3. The van der Waals surface area contributed by atoms with Crippen molar-refractivity contribution in [3.05, 3.63) is 0 Å². The van der Waals surface area contributed by atoms with E-state index < -0.39 is 0 Å². The Hall–Kier alpha value is 0.270. The summed E-state index contributed by atoms with van der Waals surface area (Å²) in [6, 6.07) is 0. The van der Waals surface area contributed by atoms with E-state index in [0.717, 1.165) is 25.9 Å². The Balaban J connectivity index is 2.27. The van der Waals surface area contributed by atoms with Crippen molar-refractivity contribution < 1.29 is 5.11 Å². The van der Waals surface area contributed by atoms with E-state index in [0.29, 0.717) is 5.41 Å². The smallest absolute Gasteiger partial charge is 0.0564 e. The summed E-state index contributed by atoms with van der Waals surface area (Å²) in [5.74, 6) is 2.45. The first-order valence-electron chi connectivity index (χ1n) is 6.01. The quantitative estimate of drug-likeness (QED) is 0.785. The molecule has 0 spiro atoms. The zero-order valence-electron chi connectivity index (χ0n) is 10.3. The summed E-state index contributed by atoms with van der Waals surface area (Å²) in [6.07, 6.45) is 1.86. The highest BCUT2D eigenvalue weighted by atomic mass is 32.2. The number of hydrogen-bond donors (Lipinski definition) is 1. The van der Waals surface area contributed by atoms with Gasteiger partial charge < -0.3 is 10.0 Å². The predicted molar refractivity (Wildman–Crippen MR) is 68.5 cm³/mol. The number of aliphatic hydroxyl groups is 1. The molecule has 0 radical (unpaired) electrons. The minimum atomic E-state index is -0.0469. The molecule has 0 aromatic heterocycles. The van der Waals surface area contributed by atoms with Crippen LogP contribution in [0.2, 0.25) is 0 Å². The molecule has 15 heavy (non-hydrogen) atoms. The third-order valence-electron chi connectivity index (χ3n) is 2.91. The fraction of sp³-hybridized carbons (Fsp3) is 1.00. The Bertz CT molecular complexity index is 176. The van der Waals surface area contributed by atoms with Crippen LogP contribution in [-0.2, 0) is 0 Å². The second-order valence-electron chi connectivity index (χ2n) is 5.31. The van der Waals surface area contributed by atoms with E-state index >= 15 is 0 Å². The van der Waals surface area contributed by atoms with Gasteiger partial charge in [0, 0.05) is 19.6 Å². The Labute approximate surface area is 98.4 Å². The van der Waals surface area contributed by atoms with Gasteiger partial charge in [-0.3, -0.25) is 0 Å². The van der Waals surface area contributed by atoms with Crippen molar-refractivity contribution in [1.29, 1.82) is 0 Å². The second-order valence-corrected chi connectivity index (χ2v) is 6.58. The maximum absolute atomic E-state index is 9.44. The molecule has 90 valence electrons. The van der Waals surface area contributed by atoms with Gasteiger partial charge in [0.25, 0.3) is 0 Å². The fourth-order valence-corrected chi connectivity index (χ4v) is 2.95.